The zero-order valence-electron chi connectivity index (χ0n) is 24.6. The molecule has 4 aromatic rings. The molecule has 0 aromatic heterocycles. The van der Waals surface area contributed by atoms with Gasteiger partial charge < -0.3 is 10.1 Å². The van der Waals surface area contributed by atoms with Crippen molar-refractivity contribution in [1.82, 2.24) is 0 Å². The summed E-state index contributed by atoms with van der Waals surface area (Å²) >= 11 is 0. The Morgan fingerprint density at radius 2 is 1.17 bits per heavy atom. The number of nitrogens with zero attached hydrogens (tertiary/aromatic N) is 2. The lowest BCUT2D eigenvalue weighted by molar-refractivity contribution is -0.387. The molecular formula is C30H30FN5O9S2. The lowest BCUT2D eigenvalue weighted by Crippen LogP contribution is -2.22. The molecule has 1 aliphatic heterocycles. The van der Waals surface area contributed by atoms with Gasteiger partial charge in [0.1, 0.15) is 5.69 Å². The largest absolute Gasteiger partial charge is 0.381 e. The number of nitro groups is 2. The van der Waals surface area contributed by atoms with Crippen LogP contribution >= 0.6 is 0 Å². The summed E-state index contributed by atoms with van der Waals surface area (Å²) in [6.45, 7) is 2.02. The third-order valence-electron chi connectivity index (χ3n) is 6.87. The van der Waals surface area contributed by atoms with E-state index < -0.39 is 41.4 Å². The molecule has 3 N–H and O–H groups in total. The van der Waals surface area contributed by atoms with Crippen LogP contribution in [0.2, 0.25) is 0 Å². The zero-order valence-corrected chi connectivity index (χ0v) is 26.2. The summed E-state index contributed by atoms with van der Waals surface area (Å²) in [6.07, 6.45) is 1.82. The molecule has 47 heavy (non-hydrogen) atoms. The highest BCUT2D eigenvalue weighted by molar-refractivity contribution is 7.93. The van der Waals surface area contributed by atoms with E-state index in [-0.39, 0.29) is 26.9 Å². The molecule has 14 nitrogen and oxygen atoms in total. The van der Waals surface area contributed by atoms with Gasteiger partial charge in [0.05, 0.1) is 31.0 Å². The van der Waals surface area contributed by atoms with Crippen molar-refractivity contribution in [3.63, 3.8) is 0 Å². The molecule has 0 saturated carbocycles. The van der Waals surface area contributed by atoms with Gasteiger partial charge in [0.25, 0.3) is 25.7 Å². The Morgan fingerprint density at radius 1 is 0.702 bits per heavy atom. The number of nitrogens with one attached hydrogen (secondary N) is 3. The average Bonchev–Trinajstić information content (AvgIpc) is 3.06. The molecule has 0 unspecified atom stereocenters. The van der Waals surface area contributed by atoms with Gasteiger partial charge in [-0.05, 0) is 67.3 Å². The van der Waals surface area contributed by atoms with Crippen molar-refractivity contribution in [3.8, 4) is 0 Å². The molecule has 0 amide bonds. The van der Waals surface area contributed by atoms with Crippen molar-refractivity contribution in [2.24, 2.45) is 5.92 Å². The van der Waals surface area contributed by atoms with Gasteiger partial charge in [0.2, 0.25) is 5.82 Å². The van der Waals surface area contributed by atoms with E-state index in [1.807, 2.05) is 0 Å². The number of halogens is 1. The van der Waals surface area contributed by atoms with Crippen LogP contribution in [0.25, 0.3) is 0 Å². The smallest absolute Gasteiger partial charge is 0.306 e. The van der Waals surface area contributed by atoms with Crippen LogP contribution in [0.3, 0.4) is 0 Å². The normalized spacial score (nSPS) is 13.5. The first kappa shape index (κ1) is 34.7. The van der Waals surface area contributed by atoms with Crippen LogP contribution in [0.4, 0.5) is 32.8 Å². The van der Waals surface area contributed by atoms with Gasteiger partial charge in [-0.15, -0.1) is 0 Å². The van der Waals surface area contributed by atoms with Gasteiger partial charge in [0.15, 0.2) is 0 Å². The Morgan fingerprint density at radius 3 is 1.66 bits per heavy atom. The van der Waals surface area contributed by atoms with E-state index in [1.54, 1.807) is 36.4 Å². The number of rotatable bonds is 11. The van der Waals surface area contributed by atoms with Gasteiger partial charge >= 0.3 is 5.69 Å². The van der Waals surface area contributed by atoms with Crippen LogP contribution < -0.4 is 14.8 Å². The van der Waals surface area contributed by atoms with Crippen molar-refractivity contribution < 1.29 is 35.8 Å². The molecule has 4 aromatic carbocycles. The van der Waals surface area contributed by atoms with Crippen molar-refractivity contribution in [1.29, 1.82) is 0 Å². The Balaban J connectivity index is 0.000000223. The van der Waals surface area contributed by atoms with Crippen molar-refractivity contribution in [3.05, 3.63) is 123 Å². The molecule has 1 aliphatic rings. The lowest BCUT2D eigenvalue weighted by atomic mass is 10.0. The number of anilines is 3. The summed E-state index contributed by atoms with van der Waals surface area (Å²) in [6, 6.07) is 22.4. The molecule has 0 atom stereocenters. The molecule has 0 bridgehead atoms. The van der Waals surface area contributed by atoms with Crippen LogP contribution in [-0.4, -0.2) is 46.4 Å². The molecule has 1 fully saturated rings. The summed E-state index contributed by atoms with van der Waals surface area (Å²) in [5.74, 6) is -0.632. The van der Waals surface area contributed by atoms with E-state index in [4.69, 9.17) is 4.74 Å². The fraction of sp³-hybridized carbons (Fsp3) is 0.200. The minimum Gasteiger partial charge on any atom is -0.381 e. The second-order valence-corrected chi connectivity index (χ2v) is 13.6. The predicted octanol–water partition coefficient (Wildman–Crippen LogP) is 5.77. The van der Waals surface area contributed by atoms with Crippen molar-refractivity contribution >= 4 is 48.5 Å². The van der Waals surface area contributed by atoms with E-state index in [9.17, 15) is 41.5 Å². The molecule has 248 valence electrons. The number of sulfonamides is 2. The molecule has 1 saturated heterocycles. The van der Waals surface area contributed by atoms with Crippen LogP contribution in [0.5, 0.6) is 0 Å². The van der Waals surface area contributed by atoms with Crippen LogP contribution in [-0.2, 0) is 24.8 Å². The fourth-order valence-electron chi connectivity index (χ4n) is 4.44. The number of hydrogen-bond donors (Lipinski definition) is 3. The van der Waals surface area contributed by atoms with E-state index in [1.165, 1.54) is 42.5 Å². The molecule has 17 heteroatoms. The van der Waals surface area contributed by atoms with Gasteiger partial charge in [-0.2, -0.15) is 4.39 Å². The number of hydrogen-bond acceptors (Lipinski definition) is 10. The zero-order chi connectivity index (χ0) is 34.0. The summed E-state index contributed by atoms with van der Waals surface area (Å²) in [5.41, 5.74) is -0.535. The topological polar surface area (TPSA) is 200 Å². The van der Waals surface area contributed by atoms with Crippen LogP contribution in [0.1, 0.15) is 12.8 Å². The predicted molar refractivity (Wildman–Crippen MR) is 173 cm³/mol. The monoisotopic (exact) mass is 687 g/mol. The average molecular weight is 688 g/mol. The Labute approximate surface area is 270 Å². The van der Waals surface area contributed by atoms with E-state index in [0.717, 1.165) is 31.0 Å². The number of benzene rings is 4. The summed E-state index contributed by atoms with van der Waals surface area (Å²) in [7, 11) is -7.67. The van der Waals surface area contributed by atoms with Crippen LogP contribution in [0, 0.1) is 32.0 Å². The third-order valence-corrected chi connectivity index (χ3v) is 9.67. The number of ether oxygens (including phenoxy) is 1. The first-order chi connectivity index (χ1) is 22.4. The first-order valence-corrected chi connectivity index (χ1v) is 17.0. The Hall–Kier alpha value is -5.13. The number of nitro benzene ring substituents is 2. The van der Waals surface area contributed by atoms with Gasteiger partial charge in [0, 0.05) is 31.9 Å². The highest BCUT2D eigenvalue weighted by Crippen LogP contribution is 2.30. The molecular weight excluding hydrogens is 657 g/mol. The van der Waals surface area contributed by atoms with Crippen molar-refractivity contribution in [2.45, 2.75) is 22.6 Å². The minimum absolute atomic E-state index is 0.00646. The summed E-state index contributed by atoms with van der Waals surface area (Å²) < 4.78 is 71.8. The minimum atomic E-state index is -3.86. The summed E-state index contributed by atoms with van der Waals surface area (Å²) in [4.78, 5) is 20.7. The Bertz CT molecular complexity index is 1930. The van der Waals surface area contributed by atoms with E-state index in [0.29, 0.717) is 31.4 Å². The second-order valence-electron chi connectivity index (χ2n) is 10.2. The standard InChI is InChI=1S/C18H21N3O5S.C12H9FN2O4S/c22-21(23)18-12-15(20-27(24,25)16-4-2-1-3-5-16)6-7-17(18)19-13-14-8-10-26-11-9-14;13-11-7-6-9(8-12(11)15(16)17)14-20(18,19)10-4-2-1-3-5-10/h1-7,12,14,19-20H,8-11,13H2;1-8,14H. The SMILES string of the molecule is O=[N+]([O-])c1cc(NS(=O)(=O)c2ccccc2)ccc1F.O=[N+]([O-])c1cc(NS(=O)(=O)c2ccccc2)ccc1NCC1CCOCC1. The van der Waals surface area contributed by atoms with E-state index in [2.05, 4.69) is 14.8 Å². The molecule has 1 heterocycles. The van der Waals surface area contributed by atoms with Crippen molar-refractivity contribution in [2.75, 3.05) is 34.5 Å². The summed E-state index contributed by atoms with van der Waals surface area (Å²) in [5, 5.41) is 25.1. The fourth-order valence-corrected chi connectivity index (χ4v) is 6.59. The third kappa shape index (κ3) is 9.68. The van der Waals surface area contributed by atoms with E-state index >= 15 is 0 Å². The first-order valence-electron chi connectivity index (χ1n) is 14.1. The van der Waals surface area contributed by atoms with Crippen LogP contribution in [0.15, 0.2) is 107 Å². The highest BCUT2D eigenvalue weighted by atomic mass is 32.2. The maximum Gasteiger partial charge on any atom is 0.306 e. The molecule has 0 aliphatic carbocycles. The molecule has 0 radical (unpaired) electrons. The highest BCUT2D eigenvalue weighted by Gasteiger charge is 2.21. The lowest BCUT2D eigenvalue weighted by Gasteiger charge is -2.22. The Kier molecular flexibility index (Phi) is 11.4. The van der Waals surface area contributed by atoms with Gasteiger partial charge in [-0.3, -0.25) is 29.7 Å². The quantitative estimate of drug-likeness (QED) is 0.128. The molecule has 5 rings (SSSR count). The van der Waals surface area contributed by atoms with Gasteiger partial charge in [-0.25, -0.2) is 16.8 Å². The maximum atomic E-state index is 13.2. The second kappa shape index (κ2) is 15.4. The molecule has 0 spiro atoms. The maximum absolute atomic E-state index is 13.2. The van der Waals surface area contributed by atoms with Gasteiger partial charge in [-0.1, -0.05) is 36.4 Å².